The van der Waals surface area contributed by atoms with Gasteiger partial charge in [0.15, 0.2) is 5.82 Å². The Bertz CT molecular complexity index is 383. The van der Waals surface area contributed by atoms with Crippen molar-refractivity contribution in [2.75, 3.05) is 30.7 Å². The summed E-state index contributed by atoms with van der Waals surface area (Å²) in [7, 11) is 0. The molecule has 0 atom stereocenters. The van der Waals surface area contributed by atoms with Crippen LogP contribution in [0.5, 0.6) is 5.88 Å². The van der Waals surface area contributed by atoms with Crippen molar-refractivity contribution in [2.45, 2.75) is 13.8 Å². The van der Waals surface area contributed by atoms with Crippen LogP contribution in [0, 0.1) is 0 Å². The molecule has 0 saturated carbocycles. The second-order valence-corrected chi connectivity index (χ2v) is 3.18. The second kappa shape index (κ2) is 6.51. The number of aromatic nitrogens is 2. The number of nitrogens with two attached hydrogens (primary N) is 1. The molecule has 7 heteroatoms. The van der Waals surface area contributed by atoms with Gasteiger partial charge in [-0.25, -0.2) is 4.98 Å². The van der Waals surface area contributed by atoms with Crippen molar-refractivity contribution in [3.63, 3.8) is 0 Å². The molecule has 0 saturated heterocycles. The molecule has 0 aliphatic rings. The zero-order chi connectivity index (χ0) is 12.7. The Kier molecular flexibility index (Phi) is 4.99. The standard InChI is InChI=1S/C10H17N5O2/c1-3-12-7(16)5-13-9-8(11)10(17-4-2)15-6-14-9/h6H,3-5,11H2,1-2H3,(H,12,16)(H,13,14,15). The molecule has 0 aromatic carbocycles. The monoisotopic (exact) mass is 239 g/mol. The Balaban J connectivity index is 2.64. The molecule has 1 amide bonds. The van der Waals surface area contributed by atoms with Gasteiger partial charge in [0.05, 0.1) is 13.2 Å². The number of nitrogens with zero attached hydrogens (tertiary/aromatic N) is 2. The van der Waals surface area contributed by atoms with Crippen LogP contribution in [0.2, 0.25) is 0 Å². The lowest BCUT2D eigenvalue weighted by molar-refractivity contribution is -0.119. The van der Waals surface area contributed by atoms with Crippen molar-refractivity contribution in [1.82, 2.24) is 15.3 Å². The van der Waals surface area contributed by atoms with E-state index in [0.717, 1.165) is 0 Å². The summed E-state index contributed by atoms with van der Waals surface area (Å²) in [5.74, 6) is 0.596. The Labute approximate surface area is 99.8 Å². The average Bonchev–Trinajstić information content (AvgIpc) is 2.31. The van der Waals surface area contributed by atoms with Gasteiger partial charge in [-0.3, -0.25) is 4.79 Å². The predicted molar refractivity (Wildman–Crippen MR) is 64.8 cm³/mol. The number of nitrogens with one attached hydrogen (secondary N) is 2. The van der Waals surface area contributed by atoms with Gasteiger partial charge in [-0.15, -0.1) is 0 Å². The molecule has 1 heterocycles. The van der Waals surface area contributed by atoms with Gasteiger partial charge >= 0.3 is 0 Å². The zero-order valence-corrected chi connectivity index (χ0v) is 9.99. The van der Waals surface area contributed by atoms with Crippen LogP contribution in [0.1, 0.15) is 13.8 Å². The molecule has 7 nitrogen and oxygen atoms in total. The summed E-state index contributed by atoms with van der Waals surface area (Å²) in [5, 5.41) is 5.49. The quantitative estimate of drug-likeness (QED) is 0.646. The molecule has 0 unspecified atom stereocenters. The molecule has 0 spiro atoms. The lowest BCUT2D eigenvalue weighted by Crippen LogP contribution is -2.29. The Hall–Kier alpha value is -2.05. The fraction of sp³-hybridized carbons (Fsp3) is 0.500. The van der Waals surface area contributed by atoms with Crippen LogP contribution in [-0.2, 0) is 4.79 Å². The molecule has 0 aliphatic heterocycles. The van der Waals surface area contributed by atoms with E-state index in [4.69, 9.17) is 10.5 Å². The molecule has 1 rings (SSSR count). The summed E-state index contributed by atoms with van der Waals surface area (Å²) in [6.45, 7) is 4.86. The Morgan fingerprint density at radius 1 is 1.47 bits per heavy atom. The number of nitrogen functional groups attached to an aromatic ring is 1. The third-order valence-corrected chi connectivity index (χ3v) is 1.92. The van der Waals surface area contributed by atoms with E-state index in [1.165, 1.54) is 6.33 Å². The van der Waals surface area contributed by atoms with Crippen molar-refractivity contribution in [3.8, 4) is 5.88 Å². The Morgan fingerprint density at radius 2 is 2.24 bits per heavy atom. The summed E-state index contributed by atoms with van der Waals surface area (Å²) in [4.78, 5) is 19.1. The van der Waals surface area contributed by atoms with E-state index in [1.807, 2.05) is 13.8 Å². The van der Waals surface area contributed by atoms with Crippen molar-refractivity contribution < 1.29 is 9.53 Å². The van der Waals surface area contributed by atoms with Crippen molar-refractivity contribution in [1.29, 1.82) is 0 Å². The molecule has 4 N–H and O–H groups in total. The van der Waals surface area contributed by atoms with E-state index in [0.29, 0.717) is 30.5 Å². The van der Waals surface area contributed by atoms with Gasteiger partial charge < -0.3 is 21.1 Å². The van der Waals surface area contributed by atoms with Crippen LogP contribution in [0.4, 0.5) is 11.5 Å². The van der Waals surface area contributed by atoms with Crippen molar-refractivity contribution >= 4 is 17.4 Å². The lowest BCUT2D eigenvalue weighted by Gasteiger charge is -2.10. The molecule has 17 heavy (non-hydrogen) atoms. The second-order valence-electron chi connectivity index (χ2n) is 3.18. The van der Waals surface area contributed by atoms with Gasteiger partial charge in [-0.05, 0) is 13.8 Å². The van der Waals surface area contributed by atoms with Gasteiger partial charge in [-0.1, -0.05) is 0 Å². The zero-order valence-electron chi connectivity index (χ0n) is 9.99. The van der Waals surface area contributed by atoms with E-state index < -0.39 is 0 Å². The smallest absolute Gasteiger partial charge is 0.242 e. The number of rotatable bonds is 6. The number of amides is 1. The summed E-state index contributed by atoms with van der Waals surface area (Å²) in [6.07, 6.45) is 1.33. The number of likely N-dealkylation sites (N-methyl/N-ethyl adjacent to an activating group) is 1. The van der Waals surface area contributed by atoms with Gasteiger partial charge in [0.2, 0.25) is 11.8 Å². The first-order chi connectivity index (χ1) is 8.19. The van der Waals surface area contributed by atoms with E-state index in [-0.39, 0.29) is 12.5 Å². The van der Waals surface area contributed by atoms with E-state index in [9.17, 15) is 4.79 Å². The largest absolute Gasteiger partial charge is 0.476 e. The number of hydrogen-bond donors (Lipinski definition) is 3. The molecular weight excluding hydrogens is 222 g/mol. The first-order valence-electron chi connectivity index (χ1n) is 5.42. The highest BCUT2D eigenvalue weighted by Crippen LogP contribution is 2.23. The van der Waals surface area contributed by atoms with Gasteiger partial charge in [0, 0.05) is 6.54 Å². The molecule has 1 aromatic rings. The number of hydrogen-bond acceptors (Lipinski definition) is 6. The average molecular weight is 239 g/mol. The normalized spacial score (nSPS) is 9.76. The maximum absolute atomic E-state index is 11.2. The fourth-order valence-corrected chi connectivity index (χ4v) is 1.20. The summed E-state index contributed by atoms with van der Waals surface area (Å²) in [5.41, 5.74) is 6.09. The first-order valence-corrected chi connectivity index (χ1v) is 5.42. The highest BCUT2D eigenvalue weighted by atomic mass is 16.5. The minimum atomic E-state index is -0.122. The van der Waals surface area contributed by atoms with Gasteiger partial charge in [0.1, 0.15) is 12.0 Å². The maximum atomic E-state index is 11.2. The molecular formula is C10H17N5O2. The van der Waals surface area contributed by atoms with Crippen LogP contribution in [-0.4, -0.2) is 35.6 Å². The first kappa shape index (κ1) is 13.0. The molecule has 0 radical (unpaired) electrons. The van der Waals surface area contributed by atoms with E-state index in [1.54, 1.807) is 0 Å². The predicted octanol–water partition coefficient (Wildman–Crippen LogP) is 0.00550. The van der Waals surface area contributed by atoms with Crippen molar-refractivity contribution in [3.05, 3.63) is 6.33 Å². The maximum Gasteiger partial charge on any atom is 0.242 e. The molecule has 1 aromatic heterocycles. The molecule has 94 valence electrons. The molecule has 0 bridgehead atoms. The van der Waals surface area contributed by atoms with E-state index in [2.05, 4.69) is 20.6 Å². The van der Waals surface area contributed by atoms with E-state index >= 15 is 0 Å². The minimum Gasteiger partial charge on any atom is -0.476 e. The number of carbonyl (C=O) groups is 1. The van der Waals surface area contributed by atoms with Crippen LogP contribution in [0.15, 0.2) is 6.33 Å². The fourth-order valence-electron chi connectivity index (χ4n) is 1.20. The summed E-state index contributed by atoms with van der Waals surface area (Å²) < 4.78 is 5.21. The third-order valence-electron chi connectivity index (χ3n) is 1.92. The third kappa shape index (κ3) is 3.78. The highest BCUT2D eigenvalue weighted by Gasteiger charge is 2.09. The summed E-state index contributed by atoms with van der Waals surface area (Å²) in [6, 6.07) is 0. The SMILES string of the molecule is CCNC(=O)CNc1ncnc(OCC)c1N. The topological polar surface area (TPSA) is 102 Å². The number of ether oxygens (including phenoxy) is 1. The van der Waals surface area contributed by atoms with Crippen LogP contribution < -0.4 is 21.1 Å². The number of carbonyl (C=O) groups excluding carboxylic acids is 1. The van der Waals surface area contributed by atoms with Crippen LogP contribution in [0.3, 0.4) is 0 Å². The van der Waals surface area contributed by atoms with Gasteiger partial charge in [0.25, 0.3) is 0 Å². The number of anilines is 2. The van der Waals surface area contributed by atoms with Crippen LogP contribution >= 0.6 is 0 Å². The van der Waals surface area contributed by atoms with Crippen molar-refractivity contribution in [2.24, 2.45) is 0 Å². The molecule has 0 fully saturated rings. The summed E-state index contributed by atoms with van der Waals surface area (Å²) >= 11 is 0. The highest BCUT2D eigenvalue weighted by molar-refractivity contribution is 5.81. The molecule has 0 aliphatic carbocycles. The van der Waals surface area contributed by atoms with Gasteiger partial charge in [-0.2, -0.15) is 4.98 Å². The Morgan fingerprint density at radius 3 is 2.88 bits per heavy atom. The lowest BCUT2D eigenvalue weighted by atomic mass is 10.4. The van der Waals surface area contributed by atoms with Crippen LogP contribution in [0.25, 0.3) is 0 Å². The minimum absolute atomic E-state index is 0.112.